The summed E-state index contributed by atoms with van der Waals surface area (Å²) in [4.78, 5) is 8.75. The van der Waals surface area contributed by atoms with Crippen LogP contribution in [0, 0.1) is 0 Å². The van der Waals surface area contributed by atoms with E-state index in [1.165, 1.54) is 0 Å². The topological polar surface area (TPSA) is 42.7 Å². The first-order chi connectivity index (χ1) is 9.38. The van der Waals surface area contributed by atoms with Crippen LogP contribution in [0.2, 0.25) is 0 Å². The molecule has 3 rings (SSSR count). The van der Waals surface area contributed by atoms with Crippen LogP contribution in [0.25, 0.3) is 16.6 Å². The van der Waals surface area contributed by atoms with Crippen LogP contribution in [-0.2, 0) is 0 Å². The fraction of sp³-hybridized carbons (Fsp3) is 0.0667. The second-order valence-corrected chi connectivity index (χ2v) is 4.18. The Kier molecular flexibility index (Phi) is 2.98. The number of anilines is 1. The fourth-order valence-electron chi connectivity index (χ4n) is 2.00. The van der Waals surface area contributed by atoms with Crippen molar-refractivity contribution in [3.63, 3.8) is 0 Å². The molecule has 3 aromatic rings. The molecule has 94 valence electrons. The van der Waals surface area contributed by atoms with Crippen LogP contribution in [0.3, 0.4) is 0 Å². The van der Waals surface area contributed by atoms with Gasteiger partial charge in [-0.05, 0) is 12.1 Å². The van der Waals surface area contributed by atoms with Crippen molar-refractivity contribution in [2.45, 2.75) is 0 Å². The van der Waals surface area contributed by atoms with E-state index >= 15 is 0 Å². The molecular formula is C15H14N4. The summed E-state index contributed by atoms with van der Waals surface area (Å²) in [5.41, 5.74) is 1.98. The standard InChI is InChI=1S/C15H14N4/c1-2-7-16-15-17-8-9-19(15)13-10-12-5-3-4-6-14(12)18-11-13/h2-6,8-11H,1,7H2,(H,16,17). The van der Waals surface area contributed by atoms with Crippen molar-refractivity contribution in [3.8, 4) is 5.69 Å². The lowest BCUT2D eigenvalue weighted by molar-refractivity contribution is 1.03. The predicted molar refractivity (Wildman–Crippen MR) is 77.6 cm³/mol. The first-order valence-corrected chi connectivity index (χ1v) is 6.12. The summed E-state index contributed by atoms with van der Waals surface area (Å²) in [6.45, 7) is 4.37. The Labute approximate surface area is 111 Å². The van der Waals surface area contributed by atoms with Gasteiger partial charge in [0.1, 0.15) is 0 Å². The summed E-state index contributed by atoms with van der Waals surface area (Å²) in [6, 6.07) is 10.2. The summed E-state index contributed by atoms with van der Waals surface area (Å²) in [5, 5.41) is 4.31. The Bertz CT molecular complexity index is 715. The van der Waals surface area contributed by atoms with E-state index in [-0.39, 0.29) is 0 Å². The molecule has 0 aliphatic carbocycles. The second-order valence-electron chi connectivity index (χ2n) is 4.18. The van der Waals surface area contributed by atoms with Crippen molar-refractivity contribution in [2.75, 3.05) is 11.9 Å². The molecular weight excluding hydrogens is 236 g/mol. The number of nitrogens with zero attached hydrogens (tertiary/aromatic N) is 3. The number of hydrogen-bond donors (Lipinski definition) is 1. The maximum Gasteiger partial charge on any atom is 0.207 e. The van der Waals surface area contributed by atoms with Gasteiger partial charge in [-0.2, -0.15) is 0 Å². The predicted octanol–water partition coefficient (Wildman–Crippen LogP) is 3.02. The molecule has 0 aliphatic heterocycles. The van der Waals surface area contributed by atoms with E-state index < -0.39 is 0 Å². The zero-order chi connectivity index (χ0) is 13.1. The third-order valence-electron chi connectivity index (χ3n) is 2.90. The number of nitrogens with one attached hydrogen (secondary N) is 1. The van der Waals surface area contributed by atoms with E-state index in [0.717, 1.165) is 22.5 Å². The van der Waals surface area contributed by atoms with E-state index in [0.29, 0.717) is 6.54 Å². The number of imidazole rings is 1. The summed E-state index contributed by atoms with van der Waals surface area (Å²) in [6.07, 6.45) is 7.33. The second kappa shape index (κ2) is 4.94. The lowest BCUT2D eigenvalue weighted by atomic mass is 10.2. The highest BCUT2D eigenvalue weighted by Crippen LogP contribution is 2.18. The lowest BCUT2D eigenvalue weighted by Gasteiger charge is -2.09. The van der Waals surface area contributed by atoms with Crippen molar-refractivity contribution < 1.29 is 0 Å². The Morgan fingerprint density at radius 2 is 2.16 bits per heavy atom. The van der Waals surface area contributed by atoms with Crippen LogP contribution in [-0.4, -0.2) is 21.1 Å². The van der Waals surface area contributed by atoms with Gasteiger partial charge in [0.25, 0.3) is 0 Å². The first-order valence-electron chi connectivity index (χ1n) is 6.12. The number of rotatable bonds is 4. The Balaban J connectivity index is 2.04. The van der Waals surface area contributed by atoms with Gasteiger partial charge in [0, 0.05) is 24.3 Å². The fourth-order valence-corrected chi connectivity index (χ4v) is 2.00. The first kappa shape index (κ1) is 11.5. The zero-order valence-electron chi connectivity index (χ0n) is 10.5. The molecule has 0 bridgehead atoms. The largest absolute Gasteiger partial charge is 0.352 e. The van der Waals surface area contributed by atoms with Crippen molar-refractivity contribution >= 4 is 16.9 Å². The van der Waals surface area contributed by atoms with Crippen molar-refractivity contribution in [1.82, 2.24) is 14.5 Å². The van der Waals surface area contributed by atoms with Gasteiger partial charge in [-0.1, -0.05) is 24.3 Å². The van der Waals surface area contributed by atoms with E-state index in [1.807, 2.05) is 35.2 Å². The Morgan fingerprint density at radius 1 is 1.26 bits per heavy atom. The number of aromatic nitrogens is 3. The molecule has 0 saturated carbocycles. The maximum atomic E-state index is 4.46. The summed E-state index contributed by atoms with van der Waals surface area (Å²) >= 11 is 0. The maximum absolute atomic E-state index is 4.46. The molecule has 2 aromatic heterocycles. The smallest absolute Gasteiger partial charge is 0.207 e. The van der Waals surface area contributed by atoms with Crippen LogP contribution in [0.15, 0.2) is 61.6 Å². The molecule has 4 heteroatoms. The van der Waals surface area contributed by atoms with Gasteiger partial charge < -0.3 is 5.32 Å². The van der Waals surface area contributed by atoms with Gasteiger partial charge in [-0.3, -0.25) is 9.55 Å². The van der Waals surface area contributed by atoms with Crippen molar-refractivity contribution in [3.05, 3.63) is 61.6 Å². The Hall–Kier alpha value is -2.62. The normalized spacial score (nSPS) is 10.5. The molecule has 0 atom stereocenters. The minimum atomic E-state index is 0.679. The highest BCUT2D eigenvalue weighted by molar-refractivity contribution is 5.80. The van der Waals surface area contributed by atoms with Crippen molar-refractivity contribution in [1.29, 1.82) is 0 Å². The van der Waals surface area contributed by atoms with Crippen LogP contribution in [0.4, 0.5) is 5.95 Å². The SMILES string of the molecule is C=CCNc1nccn1-c1cnc2ccccc2c1. The highest BCUT2D eigenvalue weighted by atomic mass is 15.2. The molecule has 0 amide bonds. The minimum Gasteiger partial charge on any atom is -0.352 e. The average Bonchev–Trinajstić information content (AvgIpc) is 2.93. The molecule has 0 aliphatic rings. The number of fused-ring (bicyclic) bond motifs is 1. The van der Waals surface area contributed by atoms with E-state index in [4.69, 9.17) is 0 Å². The molecule has 0 fully saturated rings. The zero-order valence-corrected chi connectivity index (χ0v) is 10.5. The molecule has 4 nitrogen and oxygen atoms in total. The molecule has 0 radical (unpaired) electrons. The summed E-state index contributed by atoms with van der Waals surface area (Å²) < 4.78 is 1.98. The highest BCUT2D eigenvalue weighted by Gasteiger charge is 2.05. The summed E-state index contributed by atoms with van der Waals surface area (Å²) in [5.74, 6) is 0.789. The van der Waals surface area contributed by atoms with Gasteiger partial charge in [-0.15, -0.1) is 6.58 Å². The van der Waals surface area contributed by atoms with Crippen LogP contribution in [0.5, 0.6) is 0 Å². The van der Waals surface area contributed by atoms with E-state index in [2.05, 4.69) is 34.0 Å². The van der Waals surface area contributed by atoms with Gasteiger partial charge in [0.2, 0.25) is 5.95 Å². The molecule has 2 heterocycles. The van der Waals surface area contributed by atoms with Gasteiger partial charge >= 0.3 is 0 Å². The van der Waals surface area contributed by atoms with E-state index in [1.54, 1.807) is 12.3 Å². The van der Waals surface area contributed by atoms with Gasteiger partial charge in [0.15, 0.2) is 0 Å². The van der Waals surface area contributed by atoms with Crippen LogP contribution >= 0.6 is 0 Å². The minimum absolute atomic E-state index is 0.679. The molecule has 1 N–H and O–H groups in total. The molecule has 0 saturated heterocycles. The molecule has 0 unspecified atom stereocenters. The quantitative estimate of drug-likeness (QED) is 0.724. The average molecular weight is 250 g/mol. The third kappa shape index (κ3) is 2.20. The number of pyridine rings is 1. The molecule has 0 spiro atoms. The van der Waals surface area contributed by atoms with Gasteiger partial charge in [-0.25, -0.2) is 4.98 Å². The van der Waals surface area contributed by atoms with Crippen molar-refractivity contribution in [2.24, 2.45) is 0 Å². The van der Waals surface area contributed by atoms with Crippen LogP contribution in [0.1, 0.15) is 0 Å². The number of benzene rings is 1. The third-order valence-corrected chi connectivity index (χ3v) is 2.90. The summed E-state index contributed by atoms with van der Waals surface area (Å²) in [7, 11) is 0. The Morgan fingerprint density at radius 3 is 3.05 bits per heavy atom. The van der Waals surface area contributed by atoms with E-state index in [9.17, 15) is 0 Å². The number of para-hydroxylation sites is 1. The van der Waals surface area contributed by atoms with Crippen LogP contribution < -0.4 is 5.32 Å². The lowest BCUT2D eigenvalue weighted by Crippen LogP contribution is -2.05. The van der Waals surface area contributed by atoms with Gasteiger partial charge in [0.05, 0.1) is 17.4 Å². The molecule has 1 aromatic carbocycles. The number of hydrogen-bond acceptors (Lipinski definition) is 3. The monoisotopic (exact) mass is 250 g/mol. The molecule has 19 heavy (non-hydrogen) atoms.